The van der Waals surface area contributed by atoms with Crippen molar-refractivity contribution in [1.29, 1.82) is 0 Å². The van der Waals surface area contributed by atoms with E-state index in [1.165, 1.54) is 10.6 Å². The van der Waals surface area contributed by atoms with Crippen molar-refractivity contribution in [3.8, 4) is 0 Å². The standard InChI is InChI=1S/C13H24N2OS/c1-8(2)12-11(7-14-9(3)4)17-13(15-12)10(5)16-6/h8-10,14H,7H2,1-6H3. The number of nitrogens with zero attached hydrogens (tertiary/aromatic N) is 1. The maximum Gasteiger partial charge on any atom is 0.122 e. The van der Waals surface area contributed by atoms with Crippen LogP contribution in [-0.2, 0) is 11.3 Å². The fourth-order valence-corrected chi connectivity index (χ4v) is 2.73. The summed E-state index contributed by atoms with van der Waals surface area (Å²) >= 11 is 1.76. The van der Waals surface area contributed by atoms with Crippen LogP contribution in [-0.4, -0.2) is 18.1 Å². The van der Waals surface area contributed by atoms with Gasteiger partial charge in [0.1, 0.15) is 11.1 Å². The van der Waals surface area contributed by atoms with Gasteiger partial charge in [0.15, 0.2) is 0 Å². The number of hydrogen-bond acceptors (Lipinski definition) is 4. The molecule has 0 saturated carbocycles. The minimum atomic E-state index is 0.0882. The van der Waals surface area contributed by atoms with Gasteiger partial charge in [-0.15, -0.1) is 11.3 Å². The zero-order valence-corrected chi connectivity index (χ0v) is 12.5. The molecule has 98 valence electrons. The van der Waals surface area contributed by atoms with E-state index < -0.39 is 0 Å². The Balaban J connectivity index is 2.89. The molecule has 0 amide bonds. The Kier molecular flexibility index (Phi) is 5.56. The predicted molar refractivity (Wildman–Crippen MR) is 73.6 cm³/mol. The van der Waals surface area contributed by atoms with Crippen LogP contribution in [0.1, 0.15) is 62.2 Å². The van der Waals surface area contributed by atoms with Crippen LogP contribution < -0.4 is 5.32 Å². The van der Waals surface area contributed by atoms with Gasteiger partial charge in [-0.05, 0) is 12.8 Å². The first-order chi connectivity index (χ1) is 7.95. The molecule has 3 nitrogen and oxygen atoms in total. The Morgan fingerprint density at radius 3 is 2.35 bits per heavy atom. The van der Waals surface area contributed by atoms with Crippen LogP contribution in [0.15, 0.2) is 0 Å². The van der Waals surface area contributed by atoms with Crippen LogP contribution >= 0.6 is 11.3 Å². The van der Waals surface area contributed by atoms with E-state index in [0.717, 1.165) is 11.6 Å². The third kappa shape index (κ3) is 4.05. The summed E-state index contributed by atoms with van der Waals surface area (Å²) in [5.41, 5.74) is 1.21. The van der Waals surface area contributed by atoms with Crippen LogP contribution in [0.5, 0.6) is 0 Å². The van der Waals surface area contributed by atoms with E-state index in [-0.39, 0.29) is 6.10 Å². The summed E-state index contributed by atoms with van der Waals surface area (Å²) in [4.78, 5) is 6.05. The molecule has 0 aliphatic heterocycles. The highest BCUT2D eigenvalue weighted by Gasteiger charge is 2.17. The molecule has 0 aliphatic rings. The fourth-order valence-electron chi connectivity index (χ4n) is 1.53. The Hall–Kier alpha value is -0.450. The van der Waals surface area contributed by atoms with E-state index >= 15 is 0 Å². The molecule has 0 saturated heterocycles. The third-order valence-corrected chi connectivity index (χ3v) is 3.90. The molecule has 0 aliphatic carbocycles. The number of ether oxygens (including phenoxy) is 1. The van der Waals surface area contributed by atoms with Crippen molar-refractivity contribution in [3.63, 3.8) is 0 Å². The van der Waals surface area contributed by atoms with E-state index in [2.05, 4.69) is 33.0 Å². The van der Waals surface area contributed by atoms with Crippen LogP contribution in [0.3, 0.4) is 0 Å². The zero-order chi connectivity index (χ0) is 13.0. The van der Waals surface area contributed by atoms with E-state index in [1.807, 2.05) is 6.92 Å². The molecule has 1 aromatic rings. The Morgan fingerprint density at radius 2 is 1.88 bits per heavy atom. The molecule has 0 fully saturated rings. The Morgan fingerprint density at radius 1 is 1.24 bits per heavy atom. The molecule has 0 spiro atoms. The SMILES string of the molecule is COC(C)c1nc(C(C)C)c(CNC(C)C)s1. The molecule has 17 heavy (non-hydrogen) atoms. The van der Waals surface area contributed by atoms with Gasteiger partial charge in [-0.25, -0.2) is 4.98 Å². The molecule has 4 heteroatoms. The van der Waals surface area contributed by atoms with Crippen LogP contribution in [0.2, 0.25) is 0 Å². The van der Waals surface area contributed by atoms with Gasteiger partial charge in [-0.2, -0.15) is 0 Å². The quantitative estimate of drug-likeness (QED) is 0.846. The minimum absolute atomic E-state index is 0.0882. The van der Waals surface area contributed by atoms with Crippen LogP contribution in [0.25, 0.3) is 0 Å². The second-order valence-electron chi connectivity index (χ2n) is 4.93. The van der Waals surface area contributed by atoms with Gasteiger partial charge < -0.3 is 10.1 Å². The summed E-state index contributed by atoms with van der Waals surface area (Å²) in [6.07, 6.45) is 0.0882. The third-order valence-electron chi connectivity index (χ3n) is 2.66. The molecule has 0 bridgehead atoms. The second kappa shape index (κ2) is 6.47. The highest BCUT2D eigenvalue weighted by molar-refractivity contribution is 7.11. The summed E-state index contributed by atoms with van der Waals surface area (Å²) in [6, 6.07) is 0.500. The molecule has 1 aromatic heterocycles. The molecule has 1 N–H and O–H groups in total. The van der Waals surface area contributed by atoms with Crippen LogP contribution in [0.4, 0.5) is 0 Å². The first kappa shape index (κ1) is 14.6. The van der Waals surface area contributed by atoms with Gasteiger partial charge in [0.05, 0.1) is 5.69 Å². The van der Waals surface area contributed by atoms with Crippen LogP contribution in [0, 0.1) is 0 Å². The van der Waals surface area contributed by atoms with Gasteiger partial charge in [0, 0.05) is 24.6 Å². The van der Waals surface area contributed by atoms with Gasteiger partial charge in [-0.1, -0.05) is 27.7 Å². The molecule has 0 aromatic carbocycles. The smallest absolute Gasteiger partial charge is 0.122 e. The second-order valence-corrected chi connectivity index (χ2v) is 6.04. The lowest BCUT2D eigenvalue weighted by atomic mass is 10.1. The van der Waals surface area contributed by atoms with Gasteiger partial charge >= 0.3 is 0 Å². The summed E-state index contributed by atoms with van der Waals surface area (Å²) in [7, 11) is 1.73. The highest BCUT2D eigenvalue weighted by Crippen LogP contribution is 2.29. The Bertz CT molecular complexity index is 347. The van der Waals surface area contributed by atoms with Crippen molar-refractivity contribution in [2.75, 3.05) is 7.11 Å². The zero-order valence-electron chi connectivity index (χ0n) is 11.7. The molecular weight excluding hydrogens is 232 g/mol. The molecule has 0 radical (unpaired) electrons. The van der Waals surface area contributed by atoms with Crippen molar-refractivity contribution in [3.05, 3.63) is 15.6 Å². The van der Waals surface area contributed by atoms with Gasteiger partial charge in [-0.3, -0.25) is 0 Å². The number of nitrogens with one attached hydrogen (secondary N) is 1. The molecule has 1 rings (SSSR count). The Labute approximate surface area is 109 Å². The number of rotatable bonds is 6. The van der Waals surface area contributed by atoms with Crippen molar-refractivity contribution >= 4 is 11.3 Å². The lowest BCUT2D eigenvalue weighted by Gasteiger charge is -2.09. The predicted octanol–water partition coefficient (Wildman–Crippen LogP) is 3.47. The van der Waals surface area contributed by atoms with Gasteiger partial charge in [0.2, 0.25) is 0 Å². The average Bonchev–Trinajstić information content (AvgIpc) is 2.69. The highest BCUT2D eigenvalue weighted by atomic mass is 32.1. The van der Waals surface area contributed by atoms with E-state index in [9.17, 15) is 0 Å². The molecule has 1 atom stereocenters. The minimum Gasteiger partial charge on any atom is -0.375 e. The fraction of sp³-hybridized carbons (Fsp3) is 0.769. The lowest BCUT2D eigenvalue weighted by molar-refractivity contribution is 0.119. The van der Waals surface area contributed by atoms with Crippen molar-refractivity contribution in [2.24, 2.45) is 0 Å². The summed E-state index contributed by atoms with van der Waals surface area (Å²) in [6.45, 7) is 11.6. The number of thiazole rings is 1. The maximum absolute atomic E-state index is 5.34. The lowest BCUT2D eigenvalue weighted by Crippen LogP contribution is -2.22. The first-order valence-corrected chi connectivity index (χ1v) is 7.03. The van der Waals surface area contributed by atoms with Crippen molar-refractivity contribution in [1.82, 2.24) is 10.3 Å². The monoisotopic (exact) mass is 256 g/mol. The summed E-state index contributed by atoms with van der Waals surface area (Å²) in [5.74, 6) is 0.466. The summed E-state index contributed by atoms with van der Waals surface area (Å²) < 4.78 is 5.34. The molecule has 1 heterocycles. The largest absolute Gasteiger partial charge is 0.375 e. The van der Waals surface area contributed by atoms with E-state index in [0.29, 0.717) is 12.0 Å². The van der Waals surface area contributed by atoms with Crippen molar-refractivity contribution in [2.45, 2.75) is 59.2 Å². The number of hydrogen-bond donors (Lipinski definition) is 1. The van der Waals surface area contributed by atoms with Crippen molar-refractivity contribution < 1.29 is 4.74 Å². The average molecular weight is 256 g/mol. The number of aromatic nitrogens is 1. The normalized spacial score (nSPS) is 13.6. The van der Waals surface area contributed by atoms with E-state index in [1.54, 1.807) is 18.4 Å². The topological polar surface area (TPSA) is 34.1 Å². The van der Waals surface area contributed by atoms with E-state index in [4.69, 9.17) is 9.72 Å². The molecular formula is C13H24N2OS. The molecule has 1 unspecified atom stereocenters. The van der Waals surface area contributed by atoms with Gasteiger partial charge in [0.25, 0.3) is 0 Å². The first-order valence-electron chi connectivity index (χ1n) is 6.21. The number of methoxy groups -OCH3 is 1. The summed E-state index contributed by atoms with van der Waals surface area (Å²) in [5, 5.41) is 4.54. The maximum atomic E-state index is 5.34.